The fourth-order valence-corrected chi connectivity index (χ4v) is 5.97. The summed E-state index contributed by atoms with van der Waals surface area (Å²) in [7, 11) is 0. The average Bonchev–Trinajstić information content (AvgIpc) is 2.80. The van der Waals surface area contributed by atoms with Crippen molar-refractivity contribution in [2.24, 2.45) is 5.92 Å². The quantitative estimate of drug-likeness (QED) is 0.723. The van der Waals surface area contributed by atoms with Crippen molar-refractivity contribution in [3.05, 3.63) is 35.4 Å². The predicted octanol–water partition coefficient (Wildman–Crippen LogP) is 4.29. The third-order valence-corrected chi connectivity index (χ3v) is 8.03. The van der Waals surface area contributed by atoms with Crippen molar-refractivity contribution in [1.29, 1.82) is 0 Å². The van der Waals surface area contributed by atoms with E-state index in [1.807, 2.05) is 0 Å². The number of hydrogen-bond acceptors (Lipinski definition) is 3. The molecule has 1 aromatic carbocycles. The van der Waals surface area contributed by atoms with Crippen LogP contribution in [0.5, 0.6) is 0 Å². The van der Waals surface area contributed by atoms with E-state index in [1.54, 1.807) is 0 Å². The Balaban J connectivity index is 1.29. The molecule has 2 atom stereocenters. The van der Waals surface area contributed by atoms with Crippen molar-refractivity contribution >= 4 is 5.91 Å². The molecule has 2 heterocycles. The minimum Gasteiger partial charge on any atom is -0.343 e. The van der Waals surface area contributed by atoms with E-state index in [9.17, 15) is 4.79 Å². The number of likely N-dealkylation sites (N-methyl/N-ethyl adjacent to an activating group) is 1. The highest BCUT2D eigenvalue weighted by Gasteiger charge is 2.34. The number of carbonyl (C=O) groups is 1. The van der Waals surface area contributed by atoms with Crippen LogP contribution in [-0.2, 0) is 4.79 Å². The van der Waals surface area contributed by atoms with Crippen molar-refractivity contribution in [3.8, 4) is 0 Å². The minimum atomic E-state index is 0.418. The zero-order chi connectivity index (χ0) is 20.9. The number of amides is 1. The Bertz CT molecular complexity index is 672. The van der Waals surface area contributed by atoms with Crippen molar-refractivity contribution in [2.75, 3.05) is 45.8 Å². The Morgan fingerprint density at radius 1 is 0.900 bits per heavy atom. The Labute approximate surface area is 183 Å². The Kier molecular flexibility index (Phi) is 7.48. The van der Waals surface area contributed by atoms with Gasteiger partial charge in [0, 0.05) is 51.7 Å². The molecular weight excluding hydrogens is 370 g/mol. The number of piperidine rings is 1. The normalized spacial score (nSPS) is 27.3. The zero-order valence-electron chi connectivity index (χ0n) is 19.2. The topological polar surface area (TPSA) is 26.8 Å². The van der Waals surface area contributed by atoms with Crippen LogP contribution in [-0.4, -0.2) is 72.5 Å². The molecule has 0 bridgehead atoms. The SMILES string of the molecule is CCN1CCN(C2CCCC[C@@H]2CC(=O)N2CCC(c3ccc(C)cc3)CC2)CC1. The molecule has 1 aromatic rings. The molecule has 0 aromatic heterocycles. The molecule has 3 fully saturated rings. The van der Waals surface area contributed by atoms with Crippen LogP contribution in [0.3, 0.4) is 0 Å². The Hall–Kier alpha value is -1.39. The summed E-state index contributed by atoms with van der Waals surface area (Å²) >= 11 is 0. The number of rotatable bonds is 5. The second-order valence-corrected chi connectivity index (χ2v) is 9.85. The lowest BCUT2D eigenvalue weighted by atomic mass is 9.80. The van der Waals surface area contributed by atoms with E-state index in [0.717, 1.165) is 32.4 Å². The fraction of sp³-hybridized carbons (Fsp3) is 0.731. The molecule has 1 aliphatic carbocycles. The fourth-order valence-electron chi connectivity index (χ4n) is 5.97. The van der Waals surface area contributed by atoms with Crippen LogP contribution in [0.2, 0.25) is 0 Å². The molecular formula is C26H41N3O. The summed E-state index contributed by atoms with van der Waals surface area (Å²) in [5.74, 6) is 1.60. The lowest BCUT2D eigenvalue weighted by Crippen LogP contribution is -2.53. The van der Waals surface area contributed by atoms with Crippen LogP contribution in [0.25, 0.3) is 0 Å². The monoisotopic (exact) mass is 411 g/mol. The van der Waals surface area contributed by atoms with Gasteiger partial charge in [0.2, 0.25) is 5.91 Å². The van der Waals surface area contributed by atoms with Crippen LogP contribution in [0.1, 0.15) is 68.9 Å². The standard InChI is InChI=1S/C26H41N3O/c1-3-27-16-18-28(19-17-27)25-7-5-4-6-24(25)20-26(30)29-14-12-23(13-15-29)22-10-8-21(2)9-11-22/h8-11,23-25H,3-7,12-20H2,1-2H3/t24-,25?/m1/s1. The third kappa shape index (κ3) is 5.26. The van der Waals surface area contributed by atoms with Crippen molar-refractivity contribution in [1.82, 2.24) is 14.7 Å². The lowest BCUT2D eigenvalue weighted by Gasteiger charge is -2.44. The number of hydrogen-bond donors (Lipinski definition) is 0. The van der Waals surface area contributed by atoms with E-state index < -0.39 is 0 Å². The predicted molar refractivity (Wildman–Crippen MR) is 124 cm³/mol. The summed E-state index contributed by atoms with van der Waals surface area (Å²) in [4.78, 5) is 20.6. The molecule has 1 unspecified atom stereocenters. The molecule has 0 radical (unpaired) electrons. The van der Waals surface area contributed by atoms with Gasteiger partial charge in [0.05, 0.1) is 0 Å². The highest BCUT2D eigenvalue weighted by atomic mass is 16.2. The van der Waals surface area contributed by atoms with Gasteiger partial charge in [-0.15, -0.1) is 0 Å². The van der Waals surface area contributed by atoms with Gasteiger partial charge in [-0.05, 0) is 56.6 Å². The lowest BCUT2D eigenvalue weighted by molar-refractivity contribution is -0.134. The maximum Gasteiger partial charge on any atom is 0.222 e. The zero-order valence-corrected chi connectivity index (χ0v) is 19.2. The summed E-state index contributed by atoms with van der Waals surface area (Å²) in [5.41, 5.74) is 2.77. The molecule has 2 saturated heterocycles. The van der Waals surface area contributed by atoms with Gasteiger partial charge < -0.3 is 9.80 Å². The van der Waals surface area contributed by atoms with Gasteiger partial charge in [-0.3, -0.25) is 9.69 Å². The van der Waals surface area contributed by atoms with Crippen LogP contribution in [0, 0.1) is 12.8 Å². The largest absolute Gasteiger partial charge is 0.343 e. The Morgan fingerprint density at radius 3 is 2.23 bits per heavy atom. The Morgan fingerprint density at radius 2 is 1.57 bits per heavy atom. The van der Waals surface area contributed by atoms with Gasteiger partial charge >= 0.3 is 0 Å². The van der Waals surface area contributed by atoms with Crippen molar-refractivity contribution < 1.29 is 4.79 Å². The van der Waals surface area contributed by atoms with Gasteiger partial charge in [0.15, 0.2) is 0 Å². The van der Waals surface area contributed by atoms with Crippen LogP contribution < -0.4 is 0 Å². The highest BCUT2D eigenvalue weighted by molar-refractivity contribution is 5.76. The molecule has 3 aliphatic rings. The summed E-state index contributed by atoms with van der Waals surface area (Å²) < 4.78 is 0. The first-order valence-corrected chi connectivity index (χ1v) is 12.4. The van der Waals surface area contributed by atoms with Crippen LogP contribution in [0.15, 0.2) is 24.3 Å². The highest BCUT2D eigenvalue weighted by Crippen LogP contribution is 2.33. The van der Waals surface area contributed by atoms with Crippen molar-refractivity contribution in [2.45, 2.75) is 70.8 Å². The van der Waals surface area contributed by atoms with Gasteiger partial charge in [0.25, 0.3) is 0 Å². The van der Waals surface area contributed by atoms with E-state index in [-0.39, 0.29) is 0 Å². The van der Waals surface area contributed by atoms with Gasteiger partial charge in [-0.1, -0.05) is 49.6 Å². The number of carbonyl (C=O) groups excluding carboxylic acids is 1. The number of nitrogens with zero attached hydrogens (tertiary/aromatic N) is 3. The second-order valence-electron chi connectivity index (χ2n) is 9.85. The maximum absolute atomic E-state index is 13.2. The minimum absolute atomic E-state index is 0.418. The van der Waals surface area contributed by atoms with E-state index in [0.29, 0.717) is 23.8 Å². The first kappa shape index (κ1) is 21.8. The van der Waals surface area contributed by atoms with Crippen LogP contribution in [0.4, 0.5) is 0 Å². The van der Waals surface area contributed by atoms with Gasteiger partial charge in [-0.2, -0.15) is 0 Å². The average molecular weight is 412 g/mol. The van der Waals surface area contributed by atoms with Crippen LogP contribution >= 0.6 is 0 Å². The van der Waals surface area contributed by atoms with Gasteiger partial charge in [0.1, 0.15) is 0 Å². The molecule has 0 spiro atoms. The molecule has 4 nitrogen and oxygen atoms in total. The summed E-state index contributed by atoms with van der Waals surface area (Å²) in [6, 6.07) is 9.63. The summed E-state index contributed by atoms with van der Waals surface area (Å²) in [5, 5.41) is 0. The van der Waals surface area contributed by atoms with Crippen molar-refractivity contribution in [3.63, 3.8) is 0 Å². The van der Waals surface area contributed by atoms with E-state index in [2.05, 4.69) is 52.8 Å². The first-order valence-electron chi connectivity index (χ1n) is 12.4. The number of likely N-dealkylation sites (tertiary alicyclic amines) is 1. The molecule has 0 N–H and O–H groups in total. The second kappa shape index (κ2) is 10.3. The molecule has 1 amide bonds. The van der Waals surface area contributed by atoms with Gasteiger partial charge in [-0.25, -0.2) is 0 Å². The van der Waals surface area contributed by atoms with E-state index in [1.165, 1.54) is 69.5 Å². The van der Waals surface area contributed by atoms with E-state index >= 15 is 0 Å². The first-order chi connectivity index (χ1) is 14.6. The number of aryl methyl sites for hydroxylation is 1. The smallest absolute Gasteiger partial charge is 0.222 e. The molecule has 30 heavy (non-hydrogen) atoms. The molecule has 166 valence electrons. The third-order valence-electron chi connectivity index (χ3n) is 8.03. The summed E-state index contributed by atoms with van der Waals surface area (Å²) in [6.07, 6.45) is 8.17. The number of piperazine rings is 1. The number of benzene rings is 1. The molecule has 4 rings (SSSR count). The molecule has 4 heteroatoms. The van der Waals surface area contributed by atoms with E-state index in [4.69, 9.17) is 0 Å². The molecule has 2 aliphatic heterocycles. The molecule has 1 saturated carbocycles. The summed E-state index contributed by atoms with van der Waals surface area (Å²) in [6.45, 7) is 12.2. The maximum atomic E-state index is 13.2.